The van der Waals surface area contributed by atoms with Gasteiger partial charge in [-0.25, -0.2) is 0 Å². The maximum atomic E-state index is 9.49. The molecule has 2 N–H and O–H groups in total. The standard InChI is InChI=1S/C17H26N4.2ClH/c1-4-20-16-10-15(12-18)17(11-14(16)9-13(2)3)21-7-5-19-6-8-21;;/h10-11,13,19-20H,4-9H2,1-3H3;2*1H. The quantitative estimate of drug-likeness (QED) is 0.846. The fourth-order valence-electron chi connectivity index (χ4n) is 2.85. The Labute approximate surface area is 152 Å². The number of rotatable bonds is 5. The van der Waals surface area contributed by atoms with Gasteiger partial charge in [0.15, 0.2) is 0 Å². The Balaban J connectivity index is 0.00000242. The van der Waals surface area contributed by atoms with Crippen LogP contribution in [0.4, 0.5) is 11.4 Å². The summed E-state index contributed by atoms with van der Waals surface area (Å²) in [6.45, 7) is 11.3. The van der Waals surface area contributed by atoms with Gasteiger partial charge >= 0.3 is 0 Å². The summed E-state index contributed by atoms with van der Waals surface area (Å²) in [6.07, 6.45) is 1.03. The molecule has 0 saturated carbocycles. The molecule has 0 atom stereocenters. The van der Waals surface area contributed by atoms with Gasteiger partial charge in [-0.05, 0) is 37.0 Å². The molecule has 0 spiro atoms. The molecule has 1 aromatic rings. The first-order valence-electron chi connectivity index (χ1n) is 7.92. The smallest absolute Gasteiger partial charge is 0.101 e. The van der Waals surface area contributed by atoms with E-state index in [-0.39, 0.29) is 24.8 Å². The molecule has 1 aliphatic rings. The lowest BCUT2D eigenvalue weighted by molar-refractivity contribution is 0.588. The average molecular weight is 359 g/mol. The molecule has 4 nitrogen and oxygen atoms in total. The van der Waals surface area contributed by atoms with Crippen LogP contribution in [-0.2, 0) is 6.42 Å². The van der Waals surface area contributed by atoms with E-state index in [9.17, 15) is 5.26 Å². The number of hydrogen-bond acceptors (Lipinski definition) is 4. The molecule has 1 aromatic carbocycles. The number of nitrogens with zero attached hydrogens (tertiary/aromatic N) is 2. The van der Waals surface area contributed by atoms with E-state index < -0.39 is 0 Å². The van der Waals surface area contributed by atoms with Crippen molar-refractivity contribution in [1.82, 2.24) is 5.32 Å². The summed E-state index contributed by atoms with van der Waals surface area (Å²) in [5, 5.41) is 16.3. The first kappa shape index (κ1) is 21.9. The molecule has 23 heavy (non-hydrogen) atoms. The lowest BCUT2D eigenvalue weighted by Gasteiger charge is -2.31. The summed E-state index contributed by atoms with van der Waals surface area (Å²) < 4.78 is 0. The highest BCUT2D eigenvalue weighted by Gasteiger charge is 2.17. The second-order valence-corrected chi connectivity index (χ2v) is 6.00. The zero-order chi connectivity index (χ0) is 15.2. The molecule has 0 amide bonds. The van der Waals surface area contributed by atoms with Crippen LogP contribution in [0.3, 0.4) is 0 Å². The Morgan fingerprint density at radius 2 is 1.91 bits per heavy atom. The topological polar surface area (TPSA) is 51.1 Å². The van der Waals surface area contributed by atoms with E-state index in [1.807, 2.05) is 6.07 Å². The monoisotopic (exact) mass is 358 g/mol. The SMILES string of the molecule is CCNc1cc(C#N)c(N2CCNCC2)cc1CC(C)C.Cl.Cl. The van der Waals surface area contributed by atoms with Gasteiger partial charge in [-0.2, -0.15) is 5.26 Å². The fraction of sp³-hybridized carbons (Fsp3) is 0.588. The lowest BCUT2D eigenvalue weighted by Crippen LogP contribution is -2.43. The van der Waals surface area contributed by atoms with Crippen LogP contribution in [0, 0.1) is 17.2 Å². The second kappa shape index (κ2) is 10.6. The number of hydrogen-bond donors (Lipinski definition) is 2. The Morgan fingerprint density at radius 3 is 2.43 bits per heavy atom. The van der Waals surface area contributed by atoms with Crippen molar-refractivity contribution in [3.63, 3.8) is 0 Å². The Morgan fingerprint density at radius 1 is 1.26 bits per heavy atom. The van der Waals surface area contributed by atoms with Crippen LogP contribution in [-0.4, -0.2) is 32.7 Å². The van der Waals surface area contributed by atoms with E-state index in [4.69, 9.17) is 0 Å². The normalized spacial score (nSPS) is 13.8. The third-order valence-electron chi connectivity index (χ3n) is 3.80. The van der Waals surface area contributed by atoms with E-state index in [0.717, 1.165) is 56.1 Å². The van der Waals surface area contributed by atoms with E-state index in [0.29, 0.717) is 5.92 Å². The molecule has 2 rings (SSSR count). The van der Waals surface area contributed by atoms with Crippen LogP contribution >= 0.6 is 24.8 Å². The number of halogens is 2. The van der Waals surface area contributed by atoms with Crippen LogP contribution < -0.4 is 15.5 Å². The minimum Gasteiger partial charge on any atom is -0.385 e. The number of benzene rings is 1. The first-order chi connectivity index (χ1) is 10.2. The highest BCUT2D eigenvalue weighted by molar-refractivity contribution is 5.85. The van der Waals surface area contributed by atoms with Crippen molar-refractivity contribution in [3.8, 4) is 6.07 Å². The van der Waals surface area contributed by atoms with Crippen LogP contribution in [0.15, 0.2) is 12.1 Å². The van der Waals surface area contributed by atoms with Gasteiger partial charge in [0.2, 0.25) is 0 Å². The minimum atomic E-state index is 0. The average Bonchev–Trinajstić information content (AvgIpc) is 2.49. The third kappa shape index (κ3) is 5.76. The Kier molecular flexibility index (Phi) is 10.1. The van der Waals surface area contributed by atoms with Crippen molar-refractivity contribution in [2.45, 2.75) is 27.2 Å². The predicted molar refractivity (Wildman–Crippen MR) is 103 cm³/mol. The van der Waals surface area contributed by atoms with Crippen molar-refractivity contribution in [2.75, 3.05) is 42.9 Å². The molecule has 6 heteroatoms. The second-order valence-electron chi connectivity index (χ2n) is 6.00. The molecule has 130 valence electrons. The molecule has 0 bridgehead atoms. The van der Waals surface area contributed by atoms with E-state index >= 15 is 0 Å². The molecule has 0 radical (unpaired) electrons. The van der Waals surface area contributed by atoms with Crippen molar-refractivity contribution in [3.05, 3.63) is 23.3 Å². The summed E-state index contributed by atoms with van der Waals surface area (Å²) in [4.78, 5) is 2.33. The van der Waals surface area contributed by atoms with Crippen molar-refractivity contribution in [1.29, 1.82) is 5.26 Å². The molecule has 1 saturated heterocycles. The maximum absolute atomic E-state index is 9.49. The van der Waals surface area contributed by atoms with E-state index in [1.54, 1.807) is 0 Å². The number of nitriles is 1. The van der Waals surface area contributed by atoms with Gasteiger partial charge in [0.25, 0.3) is 0 Å². The van der Waals surface area contributed by atoms with Gasteiger partial charge in [-0.3, -0.25) is 0 Å². The van der Waals surface area contributed by atoms with Gasteiger partial charge in [0, 0.05) is 38.4 Å². The van der Waals surface area contributed by atoms with Gasteiger partial charge in [-0.1, -0.05) is 13.8 Å². The van der Waals surface area contributed by atoms with Gasteiger partial charge in [-0.15, -0.1) is 24.8 Å². The summed E-state index contributed by atoms with van der Waals surface area (Å²) in [5.41, 5.74) is 4.30. The first-order valence-corrected chi connectivity index (χ1v) is 7.92. The van der Waals surface area contributed by atoms with Gasteiger partial charge in [0.1, 0.15) is 6.07 Å². The minimum absolute atomic E-state index is 0. The molecule has 0 aliphatic carbocycles. The lowest BCUT2D eigenvalue weighted by atomic mass is 9.97. The van der Waals surface area contributed by atoms with Crippen LogP contribution in [0.25, 0.3) is 0 Å². The molecule has 1 heterocycles. The predicted octanol–water partition coefficient (Wildman–Crippen LogP) is 3.44. The summed E-state index contributed by atoms with van der Waals surface area (Å²) in [7, 11) is 0. The maximum Gasteiger partial charge on any atom is 0.101 e. The Hall–Kier alpha value is -1.15. The van der Waals surface area contributed by atoms with Gasteiger partial charge in [0.05, 0.1) is 11.3 Å². The number of nitrogens with one attached hydrogen (secondary N) is 2. The summed E-state index contributed by atoms with van der Waals surface area (Å²) in [6, 6.07) is 6.62. The molecule has 0 unspecified atom stereocenters. The fourth-order valence-corrected chi connectivity index (χ4v) is 2.85. The molecular weight excluding hydrogens is 331 g/mol. The van der Waals surface area contributed by atoms with Crippen LogP contribution in [0.2, 0.25) is 0 Å². The zero-order valence-corrected chi connectivity index (χ0v) is 15.8. The highest BCUT2D eigenvalue weighted by Crippen LogP contribution is 2.30. The molecule has 1 fully saturated rings. The van der Waals surface area contributed by atoms with Crippen molar-refractivity contribution >= 4 is 36.2 Å². The van der Waals surface area contributed by atoms with Crippen LogP contribution in [0.5, 0.6) is 0 Å². The Bertz CT molecular complexity index is 520. The molecular formula is C17H28Cl2N4. The molecule has 0 aromatic heterocycles. The van der Waals surface area contributed by atoms with Crippen molar-refractivity contribution < 1.29 is 0 Å². The van der Waals surface area contributed by atoms with E-state index in [2.05, 4.69) is 48.4 Å². The molecule has 1 aliphatic heterocycles. The largest absolute Gasteiger partial charge is 0.385 e. The highest BCUT2D eigenvalue weighted by atomic mass is 35.5. The number of anilines is 2. The van der Waals surface area contributed by atoms with Crippen LogP contribution in [0.1, 0.15) is 31.9 Å². The van der Waals surface area contributed by atoms with Crippen molar-refractivity contribution in [2.24, 2.45) is 5.92 Å². The zero-order valence-electron chi connectivity index (χ0n) is 14.2. The summed E-state index contributed by atoms with van der Waals surface area (Å²) >= 11 is 0. The number of piperazine rings is 1. The van der Waals surface area contributed by atoms with Gasteiger partial charge < -0.3 is 15.5 Å². The van der Waals surface area contributed by atoms with E-state index in [1.165, 1.54) is 5.56 Å². The summed E-state index contributed by atoms with van der Waals surface area (Å²) in [5.74, 6) is 0.603. The third-order valence-corrected chi connectivity index (χ3v) is 3.80.